The number of sulfone groups is 1. The molecular weight excluding hydrogens is 380 g/mol. The number of carboxylic acid groups (broad SMARTS) is 1. The summed E-state index contributed by atoms with van der Waals surface area (Å²) < 4.78 is 37.3. The monoisotopic (exact) mass is 402 g/mol. The lowest BCUT2D eigenvalue weighted by atomic mass is 9.79. The molecule has 0 aromatic heterocycles. The van der Waals surface area contributed by atoms with Crippen LogP contribution in [0.3, 0.4) is 0 Å². The molecule has 2 heterocycles. The molecule has 0 amide bonds. The van der Waals surface area contributed by atoms with E-state index >= 15 is 0 Å². The zero-order valence-corrected chi connectivity index (χ0v) is 16.1. The number of carbonyl (C=O) groups is 1. The Hall–Kier alpha value is -2.38. The van der Waals surface area contributed by atoms with E-state index in [0.29, 0.717) is 11.5 Å². The van der Waals surface area contributed by atoms with E-state index in [9.17, 15) is 18.3 Å². The Labute approximate surface area is 164 Å². The first kappa shape index (κ1) is 19.0. The molecule has 2 aromatic carbocycles. The largest absolute Gasteiger partial charge is 0.481 e. The summed E-state index contributed by atoms with van der Waals surface area (Å²) in [6, 6.07) is 15.3. The van der Waals surface area contributed by atoms with Gasteiger partial charge in [-0.1, -0.05) is 18.2 Å². The molecule has 2 aromatic rings. The van der Waals surface area contributed by atoms with Crippen LogP contribution in [0.5, 0.6) is 11.5 Å². The van der Waals surface area contributed by atoms with Crippen LogP contribution in [0.1, 0.15) is 25.7 Å². The normalized spacial score (nSPS) is 26.7. The fraction of sp³-hybridized carbons (Fsp3) is 0.381. The van der Waals surface area contributed by atoms with Crippen LogP contribution in [-0.2, 0) is 19.4 Å². The Morgan fingerprint density at radius 2 is 1.57 bits per heavy atom. The zero-order chi connectivity index (χ0) is 19.8. The van der Waals surface area contributed by atoms with Crippen molar-refractivity contribution >= 4 is 15.8 Å². The van der Waals surface area contributed by atoms with E-state index in [0.717, 1.165) is 12.8 Å². The van der Waals surface area contributed by atoms with Gasteiger partial charge in [-0.2, -0.15) is 0 Å². The predicted molar refractivity (Wildman–Crippen MR) is 102 cm³/mol. The SMILES string of the molecule is O=C(O)C1(CS(=O)(=O)c2ccc(Oc3ccccc3)cc2)CC2CCC(C1)O2. The van der Waals surface area contributed by atoms with E-state index in [1.807, 2.05) is 18.2 Å². The highest BCUT2D eigenvalue weighted by atomic mass is 32.2. The second-order valence-electron chi connectivity index (χ2n) is 7.60. The molecule has 2 atom stereocenters. The van der Waals surface area contributed by atoms with Gasteiger partial charge >= 0.3 is 5.97 Å². The number of hydrogen-bond donors (Lipinski definition) is 1. The van der Waals surface area contributed by atoms with Crippen molar-refractivity contribution in [1.82, 2.24) is 0 Å². The number of rotatable bonds is 6. The quantitative estimate of drug-likeness (QED) is 0.793. The molecule has 2 fully saturated rings. The third-order valence-corrected chi connectivity index (χ3v) is 7.44. The van der Waals surface area contributed by atoms with Crippen molar-refractivity contribution in [3.63, 3.8) is 0 Å². The lowest BCUT2D eigenvalue weighted by molar-refractivity contribution is -0.157. The highest BCUT2D eigenvalue weighted by molar-refractivity contribution is 7.91. The molecule has 4 rings (SSSR count). The Kier molecular flexibility index (Phi) is 4.89. The fourth-order valence-electron chi connectivity index (χ4n) is 4.18. The average Bonchev–Trinajstić information content (AvgIpc) is 3.01. The van der Waals surface area contributed by atoms with Gasteiger partial charge in [0.25, 0.3) is 0 Å². The van der Waals surface area contributed by atoms with Crippen molar-refractivity contribution in [1.29, 1.82) is 0 Å². The van der Waals surface area contributed by atoms with E-state index < -0.39 is 27.0 Å². The maximum atomic E-state index is 13.0. The van der Waals surface area contributed by atoms with Gasteiger partial charge in [-0.05, 0) is 62.1 Å². The third-order valence-electron chi connectivity index (χ3n) is 5.51. The van der Waals surface area contributed by atoms with Gasteiger partial charge in [0, 0.05) is 0 Å². The molecule has 2 bridgehead atoms. The Morgan fingerprint density at radius 3 is 2.14 bits per heavy atom. The summed E-state index contributed by atoms with van der Waals surface area (Å²) in [6.45, 7) is 0. The minimum atomic E-state index is -3.76. The van der Waals surface area contributed by atoms with Gasteiger partial charge in [0.05, 0.1) is 28.3 Å². The maximum Gasteiger partial charge on any atom is 0.310 e. The summed E-state index contributed by atoms with van der Waals surface area (Å²) in [5, 5.41) is 9.83. The van der Waals surface area contributed by atoms with Crippen LogP contribution in [0.25, 0.3) is 0 Å². The molecule has 6 nitrogen and oxygen atoms in total. The summed E-state index contributed by atoms with van der Waals surface area (Å²) in [5.74, 6) is -0.298. The van der Waals surface area contributed by atoms with E-state index in [-0.39, 0.29) is 29.9 Å². The Bertz CT molecular complexity index is 940. The Morgan fingerprint density at radius 1 is 1.00 bits per heavy atom. The van der Waals surface area contributed by atoms with Crippen molar-refractivity contribution in [2.24, 2.45) is 5.41 Å². The van der Waals surface area contributed by atoms with Crippen molar-refractivity contribution in [2.75, 3.05) is 5.75 Å². The number of aliphatic carboxylic acids is 1. The molecule has 1 N–H and O–H groups in total. The highest BCUT2D eigenvalue weighted by Gasteiger charge is 2.52. The van der Waals surface area contributed by atoms with Crippen LogP contribution >= 0.6 is 0 Å². The van der Waals surface area contributed by atoms with E-state index in [1.165, 1.54) is 12.1 Å². The molecule has 0 saturated carbocycles. The van der Waals surface area contributed by atoms with Gasteiger partial charge in [-0.25, -0.2) is 8.42 Å². The molecule has 2 aliphatic rings. The molecule has 7 heteroatoms. The highest BCUT2D eigenvalue weighted by Crippen LogP contribution is 2.45. The number of ether oxygens (including phenoxy) is 2. The first-order valence-corrected chi connectivity index (χ1v) is 11.0. The van der Waals surface area contributed by atoms with Gasteiger partial charge in [0.1, 0.15) is 11.5 Å². The van der Waals surface area contributed by atoms with Crippen molar-refractivity contribution < 1.29 is 27.8 Å². The van der Waals surface area contributed by atoms with Crippen LogP contribution in [0.2, 0.25) is 0 Å². The number of carboxylic acids is 1. The molecule has 0 aliphatic carbocycles. The van der Waals surface area contributed by atoms with E-state index in [1.54, 1.807) is 24.3 Å². The minimum absolute atomic E-state index is 0.104. The average molecular weight is 402 g/mol. The second kappa shape index (κ2) is 7.22. The van der Waals surface area contributed by atoms with Gasteiger partial charge in [0.2, 0.25) is 0 Å². The molecule has 2 aliphatic heterocycles. The van der Waals surface area contributed by atoms with E-state index in [2.05, 4.69) is 0 Å². The van der Waals surface area contributed by atoms with Crippen molar-refractivity contribution in [3.05, 3.63) is 54.6 Å². The molecule has 2 unspecified atom stereocenters. The summed E-state index contributed by atoms with van der Waals surface area (Å²) >= 11 is 0. The Balaban J connectivity index is 1.53. The van der Waals surface area contributed by atoms with Crippen LogP contribution in [-0.4, -0.2) is 37.5 Å². The van der Waals surface area contributed by atoms with E-state index in [4.69, 9.17) is 9.47 Å². The lowest BCUT2D eigenvalue weighted by Gasteiger charge is -2.36. The van der Waals surface area contributed by atoms with Crippen LogP contribution in [0.4, 0.5) is 0 Å². The zero-order valence-electron chi connectivity index (χ0n) is 15.3. The van der Waals surface area contributed by atoms with Crippen LogP contribution < -0.4 is 4.74 Å². The molecule has 0 radical (unpaired) electrons. The summed E-state index contributed by atoms with van der Waals surface area (Å²) in [5.41, 5.74) is -1.29. The maximum absolute atomic E-state index is 13.0. The number of para-hydroxylation sites is 1. The number of benzene rings is 2. The molecule has 2 saturated heterocycles. The minimum Gasteiger partial charge on any atom is -0.481 e. The lowest BCUT2D eigenvalue weighted by Crippen LogP contribution is -2.46. The van der Waals surface area contributed by atoms with Gasteiger partial charge < -0.3 is 14.6 Å². The summed E-state index contributed by atoms with van der Waals surface area (Å²) in [7, 11) is -3.76. The van der Waals surface area contributed by atoms with Crippen LogP contribution in [0, 0.1) is 5.41 Å². The number of hydrogen-bond acceptors (Lipinski definition) is 5. The molecule has 0 spiro atoms. The van der Waals surface area contributed by atoms with Gasteiger partial charge in [-0.15, -0.1) is 0 Å². The standard InChI is InChI=1S/C21H22O6S/c22-20(23)21(12-17-6-7-18(13-21)27-17)14-28(24,25)19-10-8-16(9-11-19)26-15-4-2-1-3-5-15/h1-5,8-11,17-18H,6-7,12-14H2,(H,22,23). The topological polar surface area (TPSA) is 89.9 Å². The second-order valence-corrected chi connectivity index (χ2v) is 9.59. The number of fused-ring (bicyclic) bond motifs is 2. The first-order chi connectivity index (χ1) is 13.4. The summed E-state index contributed by atoms with van der Waals surface area (Å²) in [4.78, 5) is 12.1. The smallest absolute Gasteiger partial charge is 0.310 e. The van der Waals surface area contributed by atoms with Gasteiger partial charge in [0.15, 0.2) is 9.84 Å². The van der Waals surface area contributed by atoms with Crippen molar-refractivity contribution in [2.45, 2.75) is 42.8 Å². The van der Waals surface area contributed by atoms with Crippen LogP contribution in [0.15, 0.2) is 59.5 Å². The fourth-order valence-corrected chi connectivity index (χ4v) is 5.98. The van der Waals surface area contributed by atoms with Crippen molar-refractivity contribution in [3.8, 4) is 11.5 Å². The third kappa shape index (κ3) is 3.77. The molecule has 148 valence electrons. The molecular formula is C21H22O6S. The van der Waals surface area contributed by atoms with Gasteiger partial charge in [-0.3, -0.25) is 4.79 Å². The summed E-state index contributed by atoms with van der Waals surface area (Å²) in [6.07, 6.45) is 1.76. The predicted octanol–water partition coefficient (Wildman–Crippen LogP) is 3.67. The molecule has 28 heavy (non-hydrogen) atoms. The first-order valence-electron chi connectivity index (χ1n) is 9.31.